The van der Waals surface area contributed by atoms with Crippen LogP contribution in [0.15, 0.2) is 60.9 Å². The molecule has 0 unspecified atom stereocenters. The van der Waals surface area contributed by atoms with Crippen LogP contribution in [-0.2, 0) is 17.6 Å². The Morgan fingerprint density at radius 1 is 1.04 bits per heavy atom. The summed E-state index contributed by atoms with van der Waals surface area (Å²) in [5.41, 5.74) is 2.48. The molecule has 2 rings (SSSR count). The molecule has 0 heterocycles. The molecule has 0 saturated heterocycles. The molecule has 0 radical (unpaired) electrons. The van der Waals surface area contributed by atoms with Crippen LogP contribution in [0.2, 0.25) is 0 Å². The van der Waals surface area contributed by atoms with Gasteiger partial charge in [0, 0.05) is 6.54 Å². The second-order valence-corrected chi connectivity index (χ2v) is 6.97. The van der Waals surface area contributed by atoms with E-state index in [0.29, 0.717) is 12.4 Å². The molecule has 0 aliphatic heterocycles. The number of ether oxygens (including phenoxy) is 3. The van der Waals surface area contributed by atoms with Crippen LogP contribution in [-0.4, -0.2) is 45.4 Å². The van der Waals surface area contributed by atoms with Crippen LogP contribution in [0.5, 0.6) is 11.5 Å². The molecule has 0 bridgehead atoms. The molecule has 4 heteroatoms. The Hall–Kier alpha value is -2.46. The summed E-state index contributed by atoms with van der Waals surface area (Å²) in [6, 6.07) is 16.4. The highest BCUT2D eigenvalue weighted by Crippen LogP contribution is 2.21. The molecule has 0 spiro atoms. The maximum absolute atomic E-state index is 6.11. The molecule has 0 aromatic heterocycles. The van der Waals surface area contributed by atoms with E-state index in [9.17, 15) is 0 Å². The minimum absolute atomic E-state index is 0.0489. The first kappa shape index (κ1) is 20.8. The summed E-state index contributed by atoms with van der Waals surface area (Å²) in [7, 11) is 5.74. The lowest BCUT2D eigenvalue weighted by molar-refractivity contribution is 0.0505. The molecule has 0 saturated carbocycles. The minimum Gasteiger partial charge on any atom is -0.497 e. The first-order valence-corrected chi connectivity index (χ1v) is 9.28. The average molecular weight is 370 g/mol. The Labute approximate surface area is 163 Å². The summed E-state index contributed by atoms with van der Waals surface area (Å²) in [5, 5.41) is 0. The van der Waals surface area contributed by atoms with Crippen molar-refractivity contribution in [3.63, 3.8) is 0 Å². The van der Waals surface area contributed by atoms with Crippen molar-refractivity contribution in [2.45, 2.75) is 25.9 Å². The van der Waals surface area contributed by atoms with E-state index in [1.54, 1.807) is 7.11 Å². The van der Waals surface area contributed by atoms with Crippen molar-refractivity contribution >= 4 is 0 Å². The summed E-state index contributed by atoms with van der Waals surface area (Å²) in [6.45, 7) is 6.98. The fraction of sp³-hybridized carbons (Fsp3) is 0.391. The van der Waals surface area contributed by atoms with Gasteiger partial charge in [-0.3, -0.25) is 0 Å². The monoisotopic (exact) mass is 369 g/mol. The van der Waals surface area contributed by atoms with Gasteiger partial charge in [-0.2, -0.15) is 0 Å². The number of allylic oxidation sites excluding steroid dienone is 1. The van der Waals surface area contributed by atoms with Crippen LogP contribution >= 0.6 is 0 Å². The van der Waals surface area contributed by atoms with Gasteiger partial charge in [-0.15, -0.1) is 0 Å². The van der Waals surface area contributed by atoms with Gasteiger partial charge in [0.2, 0.25) is 0 Å². The van der Waals surface area contributed by atoms with Gasteiger partial charge in [-0.05, 0) is 63.2 Å². The van der Waals surface area contributed by atoms with Crippen LogP contribution in [0, 0.1) is 0 Å². The number of aryl methyl sites for hydroxylation is 2. The Morgan fingerprint density at radius 2 is 1.74 bits per heavy atom. The fourth-order valence-corrected chi connectivity index (χ4v) is 2.92. The standard InChI is InChI=1S/C23H31NO3/c1-18(2)27-22(16-24(3)4)17-26-23-9-7-6-8-20(23)13-10-19-11-14-21(25-5)15-12-19/h6-9,11-12,14-15,22H,1,10,13,16-17H2,2-5H3/t22-/m1/s1. The number of hydrogen-bond acceptors (Lipinski definition) is 4. The maximum atomic E-state index is 6.11. The molecule has 4 nitrogen and oxygen atoms in total. The van der Waals surface area contributed by atoms with E-state index < -0.39 is 0 Å². The molecule has 0 N–H and O–H groups in total. The molecule has 2 aromatic rings. The van der Waals surface area contributed by atoms with Crippen LogP contribution in [0.25, 0.3) is 0 Å². The lowest BCUT2D eigenvalue weighted by Gasteiger charge is -2.23. The van der Waals surface area contributed by atoms with Crippen molar-refractivity contribution in [1.29, 1.82) is 0 Å². The number of likely N-dealkylation sites (N-methyl/N-ethyl adjacent to an activating group) is 1. The van der Waals surface area contributed by atoms with Crippen LogP contribution < -0.4 is 9.47 Å². The average Bonchev–Trinajstić information content (AvgIpc) is 2.64. The van der Waals surface area contributed by atoms with E-state index in [2.05, 4.69) is 35.7 Å². The molecule has 0 aliphatic rings. The third kappa shape index (κ3) is 7.35. The first-order chi connectivity index (χ1) is 13.0. The van der Waals surface area contributed by atoms with Crippen molar-refractivity contribution in [2.24, 2.45) is 0 Å². The summed E-state index contributed by atoms with van der Waals surface area (Å²) in [4.78, 5) is 2.09. The van der Waals surface area contributed by atoms with E-state index in [0.717, 1.165) is 30.9 Å². The van der Waals surface area contributed by atoms with Gasteiger partial charge >= 0.3 is 0 Å². The zero-order chi connectivity index (χ0) is 19.6. The smallest absolute Gasteiger partial charge is 0.145 e. The van der Waals surface area contributed by atoms with E-state index in [1.807, 2.05) is 45.3 Å². The van der Waals surface area contributed by atoms with Gasteiger partial charge < -0.3 is 19.1 Å². The van der Waals surface area contributed by atoms with Gasteiger partial charge in [0.05, 0.1) is 12.9 Å². The third-order valence-electron chi connectivity index (χ3n) is 4.18. The molecule has 146 valence electrons. The molecular weight excluding hydrogens is 338 g/mol. The van der Waals surface area contributed by atoms with Crippen molar-refractivity contribution in [3.05, 3.63) is 72.0 Å². The molecule has 0 aliphatic carbocycles. The van der Waals surface area contributed by atoms with Crippen LogP contribution in [0.4, 0.5) is 0 Å². The van der Waals surface area contributed by atoms with Crippen molar-refractivity contribution < 1.29 is 14.2 Å². The van der Waals surface area contributed by atoms with Gasteiger partial charge in [0.15, 0.2) is 0 Å². The SMILES string of the molecule is C=C(C)O[C@@H](COc1ccccc1CCc1ccc(OC)cc1)CN(C)C. The highest BCUT2D eigenvalue weighted by atomic mass is 16.5. The zero-order valence-corrected chi connectivity index (χ0v) is 16.9. The number of methoxy groups -OCH3 is 1. The summed E-state index contributed by atoms with van der Waals surface area (Å²) >= 11 is 0. The number of benzene rings is 2. The predicted molar refractivity (Wildman–Crippen MR) is 111 cm³/mol. The summed E-state index contributed by atoms with van der Waals surface area (Å²) in [6.07, 6.45) is 1.82. The largest absolute Gasteiger partial charge is 0.497 e. The van der Waals surface area contributed by atoms with Gasteiger partial charge in [-0.25, -0.2) is 0 Å². The van der Waals surface area contributed by atoms with Crippen molar-refractivity contribution in [3.8, 4) is 11.5 Å². The Bertz CT molecular complexity index is 710. The summed E-state index contributed by atoms with van der Waals surface area (Å²) < 4.78 is 17.1. The van der Waals surface area contributed by atoms with Gasteiger partial charge in [-0.1, -0.05) is 36.9 Å². The number of nitrogens with zero attached hydrogens (tertiary/aromatic N) is 1. The third-order valence-corrected chi connectivity index (χ3v) is 4.18. The fourth-order valence-electron chi connectivity index (χ4n) is 2.92. The minimum atomic E-state index is -0.0489. The second kappa shape index (κ2) is 10.6. The second-order valence-electron chi connectivity index (χ2n) is 6.97. The zero-order valence-electron chi connectivity index (χ0n) is 16.9. The number of hydrogen-bond donors (Lipinski definition) is 0. The highest BCUT2D eigenvalue weighted by molar-refractivity contribution is 5.35. The van der Waals surface area contributed by atoms with Gasteiger partial charge in [0.1, 0.15) is 24.2 Å². The molecule has 0 fully saturated rings. The van der Waals surface area contributed by atoms with E-state index in [1.165, 1.54) is 11.1 Å². The quantitative estimate of drug-likeness (QED) is 0.551. The molecular formula is C23H31NO3. The number of rotatable bonds is 11. The first-order valence-electron chi connectivity index (χ1n) is 9.28. The van der Waals surface area contributed by atoms with Crippen molar-refractivity contribution in [1.82, 2.24) is 4.90 Å². The normalized spacial score (nSPS) is 11.9. The molecule has 27 heavy (non-hydrogen) atoms. The van der Waals surface area contributed by atoms with E-state index in [4.69, 9.17) is 14.2 Å². The van der Waals surface area contributed by atoms with E-state index in [-0.39, 0.29) is 6.10 Å². The molecule has 2 aromatic carbocycles. The van der Waals surface area contributed by atoms with Crippen LogP contribution in [0.1, 0.15) is 18.1 Å². The Morgan fingerprint density at radius 3 is 2.37 bits per heavy atom. The molecule has 1 atom stereocenters. The Kier molecular flexibility index (Phi) is 8.21. The highest BCUT2D eigenvalue weighted by Gasteiger charge is 2.14. The Balaban J connectivity index is 1.97. The topological polar surface area (TPSA) is 30.9 Å². The molecule has 0 amide bonds. The van der Waals surface area contributed by atoms with Crippen LogP contribution in [0.3, 0.4) is 0 Å². The van der Waals surface area contributed by atoms with Crippen molar-refractivity contribution in [2.75, 3.05) is 34.4 Å². The number of para-hydroxylation sites is 1. The maximum Gasteiger partial charge on any atom is 0.145 e. The lowest BCUT2D eigenvalue weighted by Crippen LogP contribution is -2.33. The van der Waals surface area contributed by atoms with E-state index >= 15 is 0 Å². The predicted octanol–water partition coefficient (Wildman–Crippen LogP) is 4.34. The summed E-state index contributed by atoms with van der Waals surface area (Å²) in [5.74, 6) is 2.50. The van der Waals surface area contributed by atoms with Gasteiger partial charge in [0.25, 0.3) is 0 Å². The lowest BCUT2D eigenvalue weighted by atomic mass is 10.0.